The summed E-state index contributed by atoms with van der Waals surface area (Å²) in [6.45, 7) is 11.0. The molecule has 0 aromatic rings. The smallest absolute Gasteiger partial charge is 0.227 e. The fourth-order valence-corrected chi connectivity index (χ4v) is 6.04. The van der Waals surface area contributed by atoms with Crippen LogP contribution in [0, 0.1) is 0 Å². The number of nitrogens with one attached hydrogen (secondary N) is 1. The van der Waals surface area contributed by atoms with Crippen molar-refractivity contribution in [1.29, 1.82) is 0 Å². The maximum atomic E-state index is 13.2. The van der Waals surface area contributed by atoms with Crippen molar-refractivity contribution in [3.8, 4) is 0 Å². The first kappa shape index (κ1) is 38.7. The van der Waals surface area contributed by atoms with Crippen LogP contribution in [0.15, 0.2) is 12.3 Å². The van der Waals surface area contributed by atoms with Crippen molar-refractivity contribution in [3.63, 3.8) is 0 Å². The Kier molecular flexibility index (Phi) is 20.2. The number of allylic oxidation sites excluding steroid dienone is 1. The monoisotopic (exact) mass is 623 g/mol. The van der Waals surface area contributed by atoms with Crippen molar-refractivity contribution < 1.29 is 33.3 Å². The Hall–Kier alpha value is -1.48. The Bertz CT molecular complexity index is 801. The van der Waals surface area contributed by atoms with Gasteiger partial charge in [0.1, 0.15) is 30.1 Å². The van der Waals surface area contributed by atoms with Gasteiger partial charge in [-0.25, -0.2) is 0 Å². The SMILES string of the molecule is C/C=C\O[C@H]1O[C@@H]2COC(C)(C)O[C@H]2[C@H](OCCCCCCCCCC)C1NC(=O)CC(=O)CCCCCCCCCCC. The fourth-order valence-electron chi connectivity index (χ4n) is 6.04. The van der Waals surface area contributed by atoms with Crippen molar-refractivity contribution in [2.24, 2.45) is 0 Å². The van der Waals surface area contributed by atoms with Crippen molar-refractivity contribution in [1.82, 2.24) is 5.32 Å². The largest absolute Gasteiger partial charge is 0.471 e. The number of ketones is 1. The Labute approximate surface area is 268 Å². The van der Waals surface area contributed by atoms with Gasteiger partial charge in [0, 0.05) is 13.0 Å². The molecule has 0 aliphatic carbocycles. The molecule has 0 spiro atoms. The number of Topliss-reactive ketones (excluding diaryl/α,β-unsaturated/α-hetero) is 1. The molecule has 2 heterocycles. The highest BCUT2D eigenvalue weighted by Crippen LogP contribution is 2.34. The van der Waals surface area contributed by atoms with Gasteiger partial charge in [-0.1, -0.05) is 116 Å². The van der Waals surface area contributed by atoms with Gasteiger partial charge in [0.25, 0.3) is 0 Å². The number of carbonyl (C=O) groups is 2. The molecule has 2 fully saturated rings. The van der Waals surface area contributed by atoms with Crippen LogP contribution in [0.1, 0.15) is 157 Å². The van der Waals surface area contributed by atoms with Crippen molar-refractivity contribution in [2.75, 3.05) is 13.2 Å². The van der Waals surface area contributed by atoms with Gasteiger partial charge in [0.2, 0.25) is 12.2 Å². The third-order valence-electron chi connectivity index (χ3n) is 8.56. The second-order valence-corrected chi connectivity index (χ2v) is 13.1. The van der Waals surface area contributed by atoms with Gasteiger partial charge in [-0.2, -0.15) is 0 Å². The molecular weight excluding hydrogens is 558 g/mol. The van der Waals surface area contributed by atoms with E-state index in [1.807, 2.05) is 20.8 Å². The standard InChI is InChI=1S/C36H65NO7/c1-6-9-11-13-15-17-18-20-22-24-29(38)27-31(39)37-32-34(40-26-23-21-19-16-14-12-10-7-2)33-30(28-42-36(4,5)44-33)43-35(32)41-25-8-3/h8,25,30,32-35H,6-7,9-24,26-28H2,1-5H3,(H,37,39)/b25-8-/t30-,32?,33-,34-,35+/m1/s1. The van der Waals surface area contributed by atoms with Gasteiger partial charge < -0.3 is 29.0 Å². The first-order valence-electron chi connectivity index (χ1n) is 18.0. The molecule has 2 aliphatic rings. The second kappa shape index (κ2) is 22.9. The number of hydrogen-bond donors (Lipinski definition) is 1. The molecule has 44 heavy (non-hydrogen) atoms. The van der Waals surface area contributed by atoms with Crippen LogP contribution in [-0.4, -0.2) is 61.3 Å². The Balaban J connectivity index is 1.92. The minimum absolute atomic E-state index is 0.0363. The Morgan fingerprint density at radius 1 is 0.841 bits per heavy atom. The molecule has 0 aromatic heterocycles. The molecule has 1 unspecified atom stereocenters. The number of fused-ring (bicyclic) bond motifs is 1. The topological polar surface area (TPSA) is 92.3 Å². The van der Waals surface area contributed by atoms with E-state index in [4.69, 9.17) is 23.7 Å². The van der Waals surface area contributed by atoms with Crippen molar-refractivity contribution in [3.05, 3.63) is 12.3 Å². The first-order chi connectivity index (χ1) is 21.3. The summed E-state index contributed by atoms with van der Waals surface area (Å²) < 4.78 is 30.9. The lowest BCUT2D eigenvalue weighted by Crippen LogP contribution is -2.69. The lowest BCUT2D eigenvalue weighted by atomic mass is 9.94. The normalized spacial score (nSPS) is 24.7. The van der Waals surface area contributed by atoms with Crippen LogP contribution in [0.4, 0.5) is 0 Å². The number of amides is 1. The van der Waals surface area contributed by atoms with Gasteiger partial charge in [0.05, 0.1) is 19.3 Å². The highest BCUT2D eigenvalue weighted by molar-refractivity contribution is 5.98. The molecule has 0 radical (unpaired) electrons. The molecule has 0 saturated carbocycles. The zero-order chi connectivity index (χ0) is 32.0. The van der Waals surface area contributed by atoms with Crippen LogP contribution in [-0.2, 0) is 33.3 Å². The van der Waals surface area contributed by atoms with Crippen LogP contribution in [0.5, 0.6) is 0 Å². The quantitative estimate of drug-likeness (QED) is 0.0621. The van der Waals surface area contributed by atoms with E-state index < -0.39 is 36.4 Å². The molecule has 0 aromatic carbocycles. The molecule has 1 N–H and O–H groups in total. The molecule has 5 atom stereocenters. The summed E-state index contributed by atoms with van der Waals surface area (Å²) in [4.78, 5) is 25.9. The minimum atomic E-state index is -0.804. The average molecular weight is 624 g/mol. The van der Waals surface area contributed by atoms with Gasteiger partial charge in [-0.3, -0.25) is 9.59 Å². The zero-order valence-corrected chi connectivity index (χ0v) is 28.7. The van der Waals surface area contributed by atoms with Crippen LogP contribution in [0.3, 0.4) is 0 Å². The summed E-state index contributed by atoms with van der Waals surface area (Å²) in [6, 6.07) is -0.636. The molecule has 2 rings (SSSR count). The lowest BCUT2D eigenvalue weighted by Gasteiger charge is -2.50. The van der Waals surface area contributed by atoms with E-state index in [0.29, 0.717) is 19.6 Å². The molecular formula is C36H65NO7. The number of hydrogen-bond acceptors (Lipinski definition) is 7. The number of carbonyl (C=O) groups excluding carboxylic acids is 2. The summed E-state index contributed by atoms with van der Waals surface area (Å²) in [7, 11) is 0. The molecule has 1 amide bonds. The maximum Gasteiger partial charge on any atom is 0.227 e. The van der Waals surface area contributed by atoms with Crippen LogP contribution >= 0.6 is 0 Å². The Morgan fingerprint density at radius 3 is 2.00 bits per heavy atom. The minimum Gasteiger partial charge on any atom is -0.471 e. The molecule has 8 nitrogen and oxygen atoms in total. The Morgan fingerprint density at radius 2 is 1.41 bits per heavy atom. The van der Waals surface area contributed by atoms with Crippen molar-refractivity contribution in [2.45, 2.75) is 193 Å². The second-order valence-electron chi connectivity index (χ2n) is 13.1. The molecule has 256 valence electrons. The highest BCUT2D eigenvalue weighted by atomic mass is 16.8. The van der Waals surface area contributed by atoms with Crippen LogP contribution in [0.25, 0.3) is 0 Å². The molecule has 2 saturated heterocycles. The highest BCUT2D eigenvalue weighted by Gasteiger charge is 2.53. The van der Waals surface area contributed by atoms with Crippen LogP contribution in [0.2, 0.25) is 0 Å². The molecule has 2 aliphatic heterocycles. The number of ether oxygens (including phenoxy) is 5. The lowest BCUT2D eigenvalue weighted by molar-refractivity contribution is -0.368. The van der Waals surface area contributed by atoms with Crippen LogP contribution < -0.4 is 5.32 Å². The predicted molar refractivity (Wildman–Crippen MR) is 175 cm³/mol. The zero-order valence-electron chi connectivity index (χ0n) is 28.7. The third-order valence-corrected chi connectivity index (χ3v) is 8.56. The van der Waals surface area contributed by atoms with E-state index in [2.05, 4.69) is 19.2 Å². The van der Waals surface area contributed by atoms with E-state index >= 15 is 0 Å². The maximum absolute atomic E-state index is 13.2. The first-order valence-corrected chi connectivity index (χ1v) is 18.0. The third kappa shape index (κ3) is 15.7. The van der Waals surface area contributed by atoms with Gasteiger partial charge in [-0.15, -0.1) is 0 Å². The van der Waals surface area contributed by atoms with Gasteiger partial charge in [0.15, 0.2) is 5.79 Å². The number of unbranched alkanes of at least 4 members (excludes halogenated alkanes) is 15. The van der Waals surface area contributed by atoms with E-state index in [1.165, 1.54) is 77.0 Å². The molecule has 0 bridgehead atoms. The summed E-state index contributed by atoms with van der Waals surface area (Å²) in [5.41, 5.74) is 0. The van der Waals surface area contributed by atoms with E-state index in [0.717, 1.165) is 32.1 Å². The predicted octanol–water partition coefficient (Wildman–Crippen LogP) is 8.30. The summed E-state index contributed by atoms with van der Waals surface area (Å²) in [5.74, 6) is -1.17. The van der Waals surface area contributed by atoms with Gasteiger partial charge in [-0.05, 0) is 33.6 Å². The molecule has 8 heteroatoms. The summed E-state index contributed by atoms with van der Waals surface area (Å²) in [5, 5.41) is 3.05. The van der Waals surface area contributed by atoms with E-state index in [1.54, 1.807) is 12.3 Å². The summed E-state index contributed by atoms with van der Waals surface area (Å²) >= 11 is 0. The summed E-state index contributed by atoms with van der Waals surface area (Å²) in [6.07, 6.45) is 21.8. The number of rotatable bonds is 25. The van der Waals surface area contributed by atoms with E-state index in [9.17, 15) is 9.59 Å². The van der Waals surface area contributed by atoms with E-state index in [-0.39, 0.29) is 18.1 Å². The fraction of sp³-hybridized carbons (Fsp3) is 0.889. The average Bonchev–Trinajstić information content (AvgIpc) is 2.99. The van der Waals surface area contributed by atoms with Crippen molar-refractivity contribution >= 4 is 11.7 Å². The van der Waals surface area contributed by atoms with Gasteiger partial charge >= 0.3 is 0 Å².